The standard InChI is InChI=1S/C21H24ClN3O2S/c1-4-24(5-2)12-13-25(20(26)15-6-8-16(22)9-7-15)21-23-18-14-17(27-3)10-11-19(18)28-21/h6-11,14H,4-5,12-13H2,1-3H3. The summed E-state index contributed by atoms with van der Waals surface area (Å²) in [4.78, 5) is 22.0. The van der Waals surface area contributed by atoms with Crippen LogP contribution in [0.1, 0.15) is 24.2 Å². The van der Waals surface area contributed by atoms with Crippen molar-refractivity contribution >= 4 is 44.2 Å². The summed E-state index contributed by atoms with van der Waals surface area (Å²) in [7, 11) is 1.63. The number of anilines is 1. The Kier molecular flexibility index (Phi) is 6.88. The highest BCUT2D eigenvalue weighted by molar-refractivity contribution is 7.22. The fraction of sp³-hybridized carbons (Fsp3) is 0.333. The molecule has 0 radical (unpaired) electrons. The van der Waals surface area contributed by atoms with Gasteiger partial charge in [0, 0.05) is 29.7 Å². The van der Waals surface area contributed by atoms with Gasteiger partial charge in [0.15, 0.2) is 5.13 Å². The molecule has 0 atom stereocenters. The predicted octanol–water partition coefficient (Wildman–Crippen LogP) is 4.95. The minimum atomic E-state index is -0.0742. The zero-order valence-corrected chi connectivity index (χ0v) is 17.9. The first-order valence-corrected chi connectivity index (χ1v) is 10.5. The van der Waals surface area contributed by atoms with Crippen molar-refractivity contribution in [1.29, 1.82) is 0 Å². The Labute approximate surface area is 174 Å². The third-order valence-corrected chi connectivity index (χ3v) is 6.00. The molecular weight excluding hydrogens is 394 g/mol. The van der Waals surface area contributed by atoms with E-state index in [1.807, 2.05) is 18.2 Å². The van der Waals surface area contributed by atoms with E-state index in [0.29, 0.717) is 22.3 Å². The van der Waals surface area contributed by atoms with Crippen molar-refractivity contribution < 1.29 is 9.53 Å². The monoisotopic (exact) mass is 417 g/mol. The first kappa shape index (κ1) is 20.6. The van der Waals surface area contributed by atoms with E-state index < -0.39 is 0 Å². The third kappa shape index (κ3) is 4.63. The average Bonchev–Trinajstić information content (AvgIpc) is 3.14. The van der Waals surface area contributed by atoms with Crippen LogP contribution in [0.4, 0.5) is 5.13 Å². The SMILES string of the molecule is CCN(CC)CCN(C(=O)c1ccc(Cl)cc1)c1nc2cc(OC)ccc2s1. The molecule has 7 heteroatoms. The topological polar surface area (TPSA) is 45.7 Å². The number of fused-ring (bicyclic) bond motifs is 1. The highest BCUT2D eigenvalue weighted by Gasteiger charge is 2.22. The molecule has 0 saturated carbocycles. The summed E-state index contributed by atoms with van der Waals surface area (Å²) in [6.07, 6.45) is 0. The van der Waals surface area contributed by atoms with Crippen molar-refractivity contribution in [2.75, 3.05) is 38.2 Å². The van der Waals surface area contributed by atoms with Crippen molar-refractivity contribution in [1.82, 2.24) is 9.88 Å². The van der Waals surface area contributed by atoms with Crippen LogP contribution < -0.4 is 9.64 Å². The van der Waals surface area contributed by atoms with Crippen molar-refractivity contribution in [2.24, 2.45) is 0 Å². The van der Waals surface area contributed by atoms with Gasteiger partial charge in [0.25, 0.3) is 5.91 Å². The maximum Gasteiger partial charge on any atom is 0.260 e. The Balaban J connectivity index is 1.94. The molecule has 1 heterocycles. The first-order valence-electron chi connectivity index (χ1n) is 9.30. The van der Waals surface area contributed by atoms with E-state index in [4.69, 9.17) is 21.3 Å². The fourth-order valence-corrected chi connectivity index (χ4v) is 4.05. The molecule has 0 aliphatic heterocycles. The van der Waals surface area contributed by atoms with E-state index in [1.165, 1.54) is 11.3 Å². The molecule has 0 bridgehead atoms. The maximum absolute atomic E-state index is 13.3. The van der Waals surface area contributed by atoms with Gasteiger partial charge in [0.1, 0.15) is 5.75 Å². The lowest BCUT2D eigenvalue weighted by atomic mass is 10.2. The lowest BCUT2D eigenvalue weighted by Crippen LogP contribution is -2.38. The number of aromatic nitrogens is 1. The van der Waals surface area contributed by atoms with Crippen LogP contribution in [0.3, 0.4) is 0 Å². The Morgan fingerprint density at radius 3 is 2.46 bits per heavy atom. The lowest BCUT2D eigenvalue weighted by molar-refractivity contribution is 0.0984. The predicted molar refractivity (Wildman–Crippen MR) is 117 cm³/mol. The van der Waals surface area contributed by atoms with E-state index in [9.17, 15) is 4.79 Å². The number of nitrogens with zero attached hydrogens (tertiary/aromatic N) is 3. The molecule has 0 aliphatic carbocycles. The Morgan fingerprint density at radius 2 is 1.82 bits per heavy atom. The number of hydrogen-bond donors (Lipinski definition) is 0. The summed E-state index contributed by atoms with van der Waals surface area (Å²) in [5, 5.41) is 1.30. The van der Waals surface area contributed by atoms with Gasteiger partial charge in [-0.3, -0.25) is 9.69 Å². The molecule has 2 aromatic carbocycles. The van der Waals surface area contributed by atoms with E-state index >= 15 is 0 Å². The second-order valence-electron chi connectivity index (χ2n) is 6.32. The quantitative estimate of drug-likeness (QED) is 0.520. The lowest BCUT2D eigenvalue weighted by Gasteiger charge is -2.24. The van der Waals surface area contributed by atoms with Gasteiger partial charge in [-0.1, -0.05) is 36.8 Å². The highest BCUT2D eigenvalue weighted by Crippen LogP contribution is 2.32. The highest BCUT2D eigenvalue weighted by atomic mass is 35.5. The van der Waals surface area contributed by atoms with Gasteiger partial charge in [0.05, 0.1) is 17.3 Å². The zero-order valence-electron chi connectivity index (χ0n) is 16.3. The Bertz CT molecular complexity index is 938. The summed E-state index contributed by atoms with van der Waals surface area (Å²) in [6.45, 7) is 7.48. The molecule has 0 aliphatic rings. The summed E-state index contributed by atoms with van der Waals surface area (Å²) >= 11 is 7.49. The number of rotatable bonds is 8. The molecule has 1 aromatic heterocycles. The van der Waals surface area contributed by atoms with E-state index in [-0.39, 0.29) is 5.91 Å². The van der Waals surface area contributed by atoms with Gasteiger partial charge in [-0.15, -0.1) is 0 Å². The summed E-state index contributed by atoms with van der Waals surface area (Å²) in [5.41, 5.74) is 1.43. The number of methoxy groups -OCH3 is 1. The van der Waals surface area contributed by atoms with Gasteiger partial charge in [0.2, 0.25) is 0 Å². The van der Waals surface area contributed by atoms with Crippen LogP contribution >= 0.6 is 22.9 Å². The molecule has 0 fully saturated rings. The van der Waals surface area contributed by atoms with E-state index in [2.05, 4.69) is 18.7 Å². The Morgan fingerprint density at radius 1 is 1.11 bits per heavy atom. The van der Waals surface area contributed by atoms with Gasteiger partial charge >= 0.3 is 0 Å². The third-order valence-electron chi connectivity index (χ3n) is 4.68. The van der Waals surface area contributed by atoms with Crippen LogP contribution in [-0.2, 0) is 0 Å². The minimum Gasteiger partial charge on any atom is -0.497 e. The molecule has 0 N–H and O–H groups in total. The van der Waals surface area contributed by atoms with Crippen LogP contribution in [0.2, 0.25) is 5.02 Å². The molecule has 28 heavy (non-hydrogen) atoms. The van der Waals surface area contributed by atoms with Gasteiger partial charge in [-0.25, -0.2) is 4.98 Å². The summed E-state index contributed by atoms with van der Waals surface area (Å²) in [6, 6.07) is 12.8. The Hall–Kier alpha value is -2.15. The molecule has 148 valence electrons. The smallest absolute Gasteiger partial charge is 0.260 e. The number of thiazole rings is 1. The second-order valence-corrected chi connectivity index (χ2v) is 7.77. The largest absolute Gasteiger partial charge is 0.497 e. The molecule has 3 rings (SSSR count). The number of ether oxygens (including phenoxy) is 1. The fourth-order valence-electron chi connectivity index (χ4n) is 2.95. The van der Waals surface area contributed by atoms with Crippen LogP contribution in [0, 0.1) is 0 Å². The van der Waals surface area contributed by atoms with E-state index in [1.54, 1.807) is 36.3 Å². The number of halogens is 1. The van der Waals surface area contributed by atoms with Gasteiger partial charge in [-0.2, -0.15) is 0 Å². The van der Waals surface area contributed by atoms with Crippen LogP contribution in [0.5, 0.6) is 5.75 Å². The number of hydrogen-bond acceptors (Lipinski definition) is 5. The van der Waals surface area contributed by atoms with Crippen molar-refractivity contribution in [3.05, 3.63) is 53.1 Å². The normalized spacial score (nSPS) is 11.2. The zero-order chi connectivity index (χ0) is 20.1. The molecular formula is C21H24ClN3O2S. The summed E-state index contributed by atoms with van der Waals surface area (Å²) < 4.78 is 6.31. The average molecular weight is 418 g/mol. The maximum atomic E-state index is 13.3. The first-order chi connectivity index (χ1) is 13.5. The van der Waals surface area contributed by atoms with Gasteiger partial charge in [-0.05, 0) is 49.5 Å². The van der Waals surface area contributed by atoms with Crippen molar-refractivity contribution in [3.8, 4) is 5.75 Å². The molecule has 0 spiro atoms. The van der Waals surface area contributed by atoms with Crippen LogP contribution in [0.15, 0.2) is 42.5 Å². The molecule has 0 saturated heterocycles. The minimum absolute atomic E-state index is 0.0742. The second kappa shape index (κ2) is 9.37. The molecule has 1 amide bonds. The molecule has 5 nitrogen and oxygen atoms in total. The number of carbonyl (C=O) groups excluding carboxylic acids is 1. The number of amides is 1. The van der Waals surface area contributed by atoms with Crippen LogP contribution in [-0.4, -0.2) is 49.1 Å². The van der Waals surface area contributed by atoms with Crippen LogP contribution in [0.25, 0.3) is 10.2 Å². The number of carbonyl (C=O) groups is 1. The number of likely N-dealkylation sites (N-methyl/N-ethyl adjacent to an activating group) is 1. The molecule has 3 aromatic rings. The number of benzene rings is 2. The van der Waals surface area contributed by atoms with Crippen molar-refractivity contribution in [2.45, 2.75) is 13.8 Å². The molecule has 0 unspecified atom stereocenters. The summed E-state index contributed by atoms with van der Waals surface area (Å²) in [5.74, 6) is 0.679. The van der Waals surface area contributed by atoms with Gasteiger partial charge < -0.3 is 9.64 Å². The van der Waals surface area contributed by atoms with Crippen molar-refractivity contribution in [3.63, 3.8) is 0 Å². The van der Waals surface area contributed by atoms with E-state index in [0.717, 1.165) is 35.6 Å².